The minimum absolute atomic E-state index is 0.131. The molecule has 0 amide bonds. The maximum atomic E-state index is 10.4. The van der Waals surface area contributed by atoms with Crippen molar-refractivity contribution in [2.45, 2.75) is 24.3 Å². The van der Waals surface area contributed by atoms with Gasteiger partial charge in [-0.15, -0.1) is 11.8 Å². The first-order valence-electron chi connectivity index (χ1n) is 4.72. The third-order valence-corrected chi connectivity index (χ3v) is 2.93. The van der Waals surface area contributed by atoms with E-state index in [-0.39, 0.29) is 11.7 Å². The summed E-state index contributed by atoms with van der Waals surface area (Å²) in [5, 5.41) is 10.4. The molecule has 0 spiro atoms. The highest BCUT2D eigenvalue weighted by Gasteiger charge is 2.04. The molecule has 0 bridgehead atoms. The smallest absolute Gasteiger partial charge is 0.269 e. The van der Waals surface area contributed by atoms with Gasteiger partial charge in [-0.3, -0.25) is 10.1 Å². The van der Waals surface area contributed by atoms with E-state index in [2.05, 4.69) is 0 Å². The molecule has 0 fully saturated rings. The fourth-order valence-electron chi connectivity index (χ4n) is 1.03. The summed E-state index contributed by atoms with van der Waals surface area (Å²) in [6.07, 6.45) is 0.946. The van der Waals surface area contributed by atoms with Crippen LogP contribution in [0.2, 0.25) is 0 Å². The average Bonchev–Trinajstić information content (AvgIpc) is 2.18. The largest absolute Gasteiger partial charge is 0.328 e. The molecular weight excluding hydrogens is 212 g/mol. The van der Waals surface area contributed by atoms with Crippen LogP contribution in [0.5, 0.6) is 0 Å². The Balaban J connectivity index is 2.46. The van der Waals surface area contributed by atoms with E-state index in [0.29, 0.717) is 0 Å². The lowest BCUT2D eigenvalue weighted by atomic mass is 10.3. The molecule has 0 heterocycles. The third kappa shape index (κ3) is 4.31. The zero-order valence-electron chi connectivity index (χ0n) is 8.55. The van der Waals surface area contributed by atoms with Crippen LogP contribution in [0.4, 0.5) is 5.69 Å². The summed E-state index contributed by atoms with van der Waals surface area (Å²) in [6, 6.07) is 6.78. The minimum atomic E-state index is -0.392. The second kappa shape index (κ2) is 5.72. The van der Waals surface area contributed by atoms with Crippen LogP contribution in [-0.4, -0.2) is 16.7 Å². The molecule has 1 rings (SSSR count). The number of thioether (sulfide) groups is 1. The van der Waals surface area contributed by atoms with Crippen molar-refractivity contribution in [3.8, 4) is 0 Å². The van der Waals surface area contributed by atoms with Gasteiger partial charge >= 0.3 is 0 Å². The number of nitro groups is 1. The number of nitrogens with zero attached hydrogens (tertiary/aromatic N) is 1. The van der Waals surface area contributed by atoms with E-state index in [1.165, 1.54) is 12.1 Å². The summed E-state index contributed by atoms with van der Waals surface area (Å²) in [7, 11) is 0. The first-order chi connectivity index (χ1) is 7.09. The lowest BCUT2D eigenvalue weighted by Crippen LogP contribution is -2.15. The van der Waals surface area contributed by atoms with Gasteiger partial charge < -0.3 is 5.73 Å². The third-order valence-electron chi connectivity index (χ3n) is 1.89. The van der Waals surface area contributed by atoms with Crippen molar-refractivity contribution in [1.29, 1.82) is 0 Å². The molecule has 0 radical (unpaired) electrons. The van der Waals surface area contributed by atoms with Crippen LogP contribution in [0, 0.1) is 10.1 Å². The van der Waals surface area contributed by atoms with Crippen LogP contribution in [0.25, 0.3) is 0 Å². The molecule has 5 heteroatoms. The summed E-state index contributed by atoms with van der Waals surface area (Å²) in [5.74, 6) is 0.940. The predicted octanol–water partition coefficient (Wildman–Crippen LogP) is 2.42. The van der Waals surface area contributed by atoms with Crippen LogP contribution in [0.15, 0.2) is 29.2 Å². The van der Waals surface area contributed by atoms with Gasteiger partial charge in [0.25, 0.3) is 5.69 Å². The van der Waals surface area contributed by atoms with Crippen LogP contribution >= 0.6 is 11.8 Å². The number of nitro benzene ring substituents is 1. The Bertz CT molecular complexity index is 325. The Morgan fingerprint density at radius 3 is 2.53 bits per heavy atom. The Kier molecular flexibility index (Phi) is 4.58. The lowest BCUT2D eigenvalue weighted by molar-refractivity contribution is -0.384. The number of nitrogens with two attached hydrogens (primary N) is 1. The van der Waals surface area contributed by atoms with Gasteiger partial charge in [-0.1, -0.05) is 0 Å². The summed E-state index contributed by atoms with van der Waals surface area (Å²) in [4.78, 5) is 11.0. The number of benzene rings is 1. The molecule has 1 aromatic rings. The Hall–Kier alpha value is -1.07. The zero-order chi connectivity index (χ0) is 11.3. The molecule has 15 heavy (non-hydrogen) atoms. The number of rotatable bonds is 5. The average molecular weight is 226 g/mol. The zero-order valence-corrected chi connectivity index (χ0v) is 9.37. The minimum Gasteiger partial charge on any atom is -0.328 e. The van der Waals surface area contributed by atoms with Crippen molar-refractivity contribution >= 4 is 17.4 Å². The Morgan fingerprint density at radius 1 is 1.47 bits per heavy atom. The molecule has 0 aromatic heterocycles. The molecule has 1 aromatic carbocycles. The maximum absolute atomic E-state index is 10.4. The summed E-state index contributed by atoms with van der Waals surface area (Å²) in [5.41, 5.74) is 5.75. The highest BCUT2D eigenvalue weighted by molar-refractivity contribution is 7.99. The highest BCUT2D eigenvalue weighted by Crippen LogP contribution is 2.21. The molecule has 0 aliphatic rings. The summed E-state index contributed by atoms with van der Waals surface area (Å²) < 4.78 is 0. The molecule has 0 saturated heterocycles. The standard InChI is InChI=1S/C10H14N2O2S/c1-8(11)6-7-15-10-4-2-9(3-5-10)12(13)14/h2-5,8H,6-7,11H2,1H3. The van der Waals surface area contributed by atoms with E-state index >= 15 is 0 Å². The van der Waals surface area contributed by atoms with Crippen molar-refractivity contribution in [3.05, 3.63) is 34.4 Å². The van der Waals surface area contributed by atoms with Crippen molar-refractivity contribution in [1.82, 2.24) is 0 Å². The molecule has 1 unspecified atom stereocenters. The molecule has 0 aliphatic carbocycles. The van der Waals surface area contributed by atoms with Crippen LogP contribution in [0.3, 0.4) is 0 Å². The molecule has 2 N–H and O–H groups in total. The van der Waals surface area contributed by atoms with E-state index < -0.39 is 4.92 Å². The van der Waals surface area contributed by atoms with E-state index in [4.69, 9.17) is 5.73 Å². The van der Waals surface area contributed by atoms with Gasteiger partial charge in [-0.25, -0.2) is 0 Å². The Morgan fingerprint density at radius 2 is 2.07 bits per heavy atom. The summed E-state index contributed by atoms with van der Waals surface area (Å²) >= 11 is 1.67. The normalized spacial score (nSPS) is 12.4. The van der Waals surface area contributed by atoms with Gasteiger partial charge in [-0.05, 0) is 31.2 Å². The monoisotopic (exact) mass is 226 g/mol. The van der Waals surface area contributed by atoms with Gasteiger partial charge in [0.2, 0.25) is 0 Å². The van der Waals surface area contributed by atoms with Gasteiger partial charge in [0.15, 0.2) is 0 Å². The van der Waals surface area contributed by atoms with Gasteiger partial charge in [0, 0.05) is 23.1 Å². The van der Waals surface area contributed by atoms with Crippen molar-refractivity contribution in [2.75, 3.05) is 5.75 Å². The van der Waals surface area contributed by atoms with Gasteiger partial charge in [0.05, 0.1) is 4.92 Å². The van der Waals surface area contributed by atoms with E-state index in [9.17, 15) is 10.1 Å². The lowest BCUT2D eigenvalue weighted by Gasteiger charge is -2.04. The fraction of sp³-hybridized carbons (Fsp3) is 0.400. The SMILES string of the molecule is CC(N)CCSc1ccc([N+](=O)[O-])cc1. The molecule has 0 saturated carbocycles. The number of hydrogen-bond acceptors (Lipinski definition) is 4. The van der Waals surface area contributed by atoms with E-state index in [1.807, 2.05) is 6.92 Å². The fourth-order valence-corrected chi connectivity index (χ4v) is 2.08. The molecule has 0 aliphatic heterocycles. The quantitative estimate of drug-likeness (QED) is 0.475. The maximum Gasteiger partial charge on any atom is 0.269 e. The van der Waals surface area contributed by atoms with Crippen LogP contribution in [-0.2, 0) is 0 Å². The number of hydrogen-bond donors (Lipinski definition) is 1. The van der Waals surface area contributed by atoms with Gasteiger partial charge in [-0.2, -0.15) is 0 Å². The van der Waals surface area contributed by atoms with Crippen molar-refractivity contribution in [3.63, 3.8) is 0 Å². The Labute approximate surface area is 93.0 Å². The van der Waals surface area contributed by atoms with Crippen molar-refractivity contribution in [2.24, 2.45) is 5.73 Å². The summed E-state index contributed by atoms with van der Waals surface area (Å²) in [6.45, 7) is 1.97. The second-order valence-electron chi connectivity index (χ2n) is 3.37. The molecule has 82 valence electrons. The van der Waals surface area contributed by atoms with E-state index in [0.717, 1.165) is 17.1 Å². The van der Waals surface area contributed by atoms with Crippen molar-refractivity contribution < 1.29 is 4.92 Å². The first kappa shape index (κ1) is 12.0. The van der Waals surface area contributed by atoms with E-state index in [1.54, 1.807) is 23.9 Å². The van der Waals surface area contributed by atoms with Crippen LogP contribution in [0.1, 0.15) is 13.3 Å². The first-order valence-corrected chi connectivity index (χ1v) is 5.71. The topological polar surface area (TPSA) is 69.2 Å². The predicted molar refractivity (Wildman–Crippen MR) is 62.1 cm³/mol. The molecular formula is C10H14N2O2S. The van der Waals surface area contributed by atoms with Gasteiger partial charge in [0.1, 0.15) is 0 Å². The van der Waals surface area contributed by atoms with Crippen LogP contribution < -0.4 is 5.73 Å². The second-order valence-corrected chi connectivity index (χ2v) is 4.53. The number of non-ortho nitro benzene ring substituents is 1. The molecule has 1 atom stereocenters. The molecule has 4 nitrogen and oxygen atoms in total. The highest BCUT2D eigenvalue weighted by atomic mass is 32.2.